The number of nitrogens with one attached hydrogen (secondary N) is 1. The van der Waals surface area contributed by atoms with E-state index in [1.54, 1.807) is 5.51 Å². The van der Waals surface area contributed by atoms with E-state index < -0.39 is 0 Å². The van der Waals surface area contributed by atoms with Crippen LogP contribution in [0.15, 0.2) is 5.51 Å². The zero-order chi connectivity index (χ0) is 11.5. The summed E-state index contributed by atoms with van der Waals surface area (Å²) in [7, 11) is 0. The van der Waals surface area contributed by atoms with Gasteiger partial charge in [-0.3, -0.25) is 4.79 Å². The SMILES string of the molecule is Cc1ncsc1C(=O)NC1CCCC1CN. The lowest BCUT2D eigenvalue weighted by Gasteiger charge is -2.19. The smallest absolute Gasteiger partial charge is 0.263 e. The summed E-state index contributed by atoms with van der Waals surface area (Å²) >= 11 is 1.40. The number of carbonyl (C=O) groups excluding carboxylic acids is 1. The fourth-order valence-electron chi connectivity index (χ4n) is 2.26. The van der Waals surface area contributed by atoms with Gasteiger partial charge < -0.3 is 11.1 Å². The molecule has 1 fully saturated rings. The number of carbonyl (C=O) groups is 1. The van der Waals surface area contributed by atoms with Gasteiger partial charge in [-0.1, -0.05) is 6.42 Å². The molecule has 1 saturated carbocycles. The summed E-state index contributed by atoms with van der Waals surface area (Å²) in [5, 5.41) is 3.07. The molecule has 1 amide bonds. The predicted octanol–water partition coefficient (Wildman–Crippen LogP) is 1.31. The number of aryl methyl sites for hydroxylation is 1. The highest BCUT2D eigenvalue weighted by Gasteiger charge is 2.28. The van der Waals surface area contributed by atoms with Gasteiger partial charge in [0.25, 0.3) is 5.91 Å². The van der Waals surface area contributed by atoms with Crippen LogP contribution >= 0.6 is 11.3 Å². The van der Waals surface area contributed by atoms with Gasteiger partial charge in [0.2, 0.25) is 0 Å². The van der Waals surface area contributed by atoms with Crippen molar-refractivity contribution in [3.05, 3.63) is 16.1 Å². The van der Waals surface area contributed by atoms with E-state index in [0.29, 0.717) is 12.5 Å². The molecule has 0 radical (unpaired) electrons. The molecule has 0 aliphatic heterocycles. The third-order valence-electron chi connectivity index (χ3n) is 3.23. The maximum atomic E-state index is 12.0. The highest BCUT2D eigenvalue weighted by Crippen LogP contribution is 2.25. The van der Waals surface area contributed by atoms with Gasteiger partial charge in [-0.15, -0.1) is 11.3 Å². The van der Waals surface area contributed by atoms with Gasteiger partial charge in [0.1, 0.15) is 4.88 Å². The predicted molar refractivity (Wildman–Crippen MR) is 64.5 cm³/mol. The largest absolute Gasteiger partial charge is 0.348 e. The molecule has 1 aliphatic carbocycles. The average Bonchev–Trinajstić information content (AvgIpc) is 2.86. The van der Waals surface area contributed by atoms with Crippen molar-refractivity contribution in [2.45, 2.75) is 32.2 Å². The number of hydrogen-bond donors (Lipinski definition) is 2. The Kier molecular flexibility index (Phi) is 3.56. The van der Waals surface area contributed by atoms with Gasteiger partial charge in [0.05, 0.1) is 11.2 Å². The first-order chi connectivity index (χ1) is 7.72. The minimum absolute atomic E-state index is 0.00495. The van der Waals surface area contributed by atoms with Crippen molar-refractivity contribution >= 4 is 17.2 Å². The van der Waals surface area contributed by atoms with Crippen LogP contribution < -0.4 is 11.1 Å². The lowest BCUT2D eigenvalue weighted by Crippen LogP contribution is -2.39. The molecule has 1 aromatic rings. The fourth-order valence-corrected chi connectivity index (χ4v) is 2.97. The Labute approximate surface area is 99.3 Å². The van der Waals surface area contributed by atoms with Crippen molar-refractivity contribution < 1.29 is 4.79 Å². The summed E-state index contributed by atoms with van der Waals surface area (Å²) in [5.74, 6) is 0.447. The van der Waals surface area contributed by atoms with Crippen LogP contribution in [-0.4, -0.2) is 23.5 Å². The van der Waals surface area contributed by atoms with Crippen LogP contribution in [0.4, 0.5) is 0 Å². The number of amides is 1. The Hall–Kier alpha value is -0.940. The zero-order valence-corrected chi connectivity index (χ0v) is 10.2. The van der Waals surface area contributed by atoms with Gasteiger partial charge in [0.15, 0.2) is 0 Å². The molecule has 2 unspecified atom stereocenters. The number of nitrogens with zero attached hydrogens (tertiary/aromatic N) is 1. The van der Waals surface area contributed by atoms with E-state index in [4.69, 9.17) is 5.73 Å². The molecule has 16 heavy (non-hydrogen) atoms. The van der Waals surface area contributed by atoms with Crippen molar-refractivity contribution in [1.29, 1.82) is 0 Å². The van der Waals surface area contributed by atoms with Crippen LogP contribution in [0, 0.1) is 12.8 Å². The van der Waals surface area contributed by atoms with Crippen molar-refractivity contribution in [3.63, 3.8) is 0 Å². The number of aromatic nitrogens is 1. The van der Waals surface area contributed by atoms with Crippen LogP contribution in [0.2, 0.25) is 0 Å². The van der Waals surface area contributed by atoms with E-state index in [1.165, 1.54) is 11.3 Å². The molecule has 0 aromatic carbocycles. The van der Waals surface area contributed by atoms with E-state index >= 15 is 0 Å². The summed E-state index contributed by atoms with van der Waals surface area (Å²) in [5.41, 5.74) is 8.21. The van der Waals surface area contributed by atoms with E-state index in [9.17, 15) is 4.79 Å². The molecule has 5 heteroatoms. The highest BCUT2D eigenvalue weighted by molar-refractivity contribution is 7.11. The summed E-state index contributed by atoms with van der Waals surface area (Å²) in [6.45, 7) is 2.52. The van der Waals surface area contributed by atoms with Gasteiger partial charge in [-0.05, 0) is 32.2 Å². The molecule has 4 nitrogen and oxygen atoms in total. The zero-order valence-electron chi connectivity index (χ0n) is 9.40. The second-order valence-corrected chi connectivity index (χ2v) is 5.13. The second kappa shape index (κ2) is 4.93. The average molecular weight is 239 g/mol. The Morgan fingerprint density at radius 1 is 1.69 bits per heavy atom. The molecule has 1 heterocycles. The highest BCUT2D eigenvalue weighted by atomic mass is 32.1. The number of hydrogen-bond acceptors (Lipinski definition) is 4. The fraction of sp³-hybridized carbons (Fsp3) is 0.636. The molecule has 3 N–H and O–H groups in total. The Bertz CT molecular complexity index is 377. The van der Waals surface area contributed by atoms with Crippen LogP contribution in [0.1, 0.15) is 34.6 Å². The molecular formula is C11H17N3OS. The second-order valence-electron chi connectivity index (χ2n) is 4.27. The van der Waals surface area contributed by atoms with E-state index in [1.807, 2.05) is 6.92 Å². The standard InChI is InChI=1S/C11H17N3OS/c1-7-10(16-6-13-7)11(15)14-9-4-2-3-8(9)5-12/h6,8-9H,2-5,12H2,1H3,(H,14,15). The van der Waals surface area contributed by atoms with Crippen LogP contribution in [0.5, 0.6) is 0 Å². The van der Waals surface area contributed by atoms with Gasteiger partial charge >= 0.3 is 0 Å². The van der Waals surface area contributed by atoms with E-state index in [0.717, 1.165) is 29.8 Å². The molecule has 0 bridgehead atoms. The molecule has 88 valence electrons. The minimum Gasteiger partial charge on any atom is -0.348 e. The molecular weight excluding hydrogens is 222 g/mol. The minimum atomic E-state index is 0.00495. The normalized spacial score (nSPS) is 24.6. The van der Waals surface area contributed by atoms with Crippen LogP contribution in [-0.2, 0) is 0 Å². The first-order valence-electron chi connectivity index (χ1n) is 5.63. The quantitative estimate of drug-likeness (QED) is 0.835. The van der Waals surface area contributed by atoms with E-state index in [-0.39, 0.29) is 11.9 Å². The van der Waals surface area contributed by atoms with Crippen molar-refractivity contribution in [1.82, 2.24) is 10.3 Å². The Morgan fingerprint density at radius 2 is 2.50 bits per heavy atom. The van der Waals surface area contributed by atoms with Gasteiger partial charge in [0, 0.05) is 6.04 Å². The summed E-state index contributed by atoms with van der Waals surface area (Å²) < 4.78 is 0. The number of nitrogens with two attached hydrogens (primary N) is 1. The lowest BCUT2D eigenvalue weighted by atomic mass is 10.0. The van der Waals surface area contributed by atoms with Crippen molar-refractivity contribution in [2.24, 2.45) is 11.7 Å². The van der Waals surface area contributed by atoms with Crippen molar-refractivity contribution in [3.8, 4) is 0 Å². The van der Waals surface area contributed by atoms with Crippen LogP contribution in [0.25, 0.3) is 0 Å². The Morgan fingerprint density at radius 3 is 3.12 bits per heavy atom. The van der Waals surface area contributed by atoms with Gasteiger partial charge in [-0.25, -0.2) is 4.98 Å². The van der Waals surface area contributed by atoms with Gasteiger partial charge in [-0.2, -0.15) is 0 Å². The van der Waals surface area contributed by atoms with E-state index in [2.05, 4.69) is 10.3 Å². The topological polar surface area (TPSA) is 68.0 Å². The summed E-state index contributed by atoms with van der Waals surface area (Å²) in [4.78, 5) is 16.8. The molecule has 2 atom stereocenters. The maximum absolute atomic E-state index is 12.0. The molecule has 1 aromatic heterocycles. The molecule has 2 rings (SSSR count). The summed E-state index contributed by atoms with van der Waals surface area (Å²) in [6.07, 6.45) is 3.34. The molecule has 1 aliphatic rings. The maximum Gasteiger partial charge on any atom is 0.263 e. The first kappa shape index (κ1) is 11.5. The molecule has 0 spiro atoms. The lowest BCUT2D eigenvalue weighted by molar-refractivity contribution is 0.0932. The summed E-state index contributed by atoms with van der Waals surface area (Å²) in [6, 6.07) is 0.249. The monoisotopic (exact) mass is 239 g/mol. The number of thiazole rings is 1. The molecule has 0 saturated heterocycles. The third-order valence-corrected chi connectivity index (χ3v) is 4.16. The Balaban J connectivity index is 2.00. The third kappa shape index (κ3) is 2.25. The first-order valence-corrected chi connectivity index (χ1v) is 6.51. The van der Waals surface area contributed by atoms with Crippen LogP contribution in [0.3, 0.4) is 0 Å². The van der Waals surface area contributed by atoms with Crippen molar-refractivity contribution in [2.75, 3.05) is 6.54 Å². The number of rotatable bonds is 3.